The van der Waals surface area contributed by atoms with E-state index in [-0.39, 0.29) is 24.0 Å². The van der Waals surface area contributed by atoms with Gasteiger partial charge in [0.25, 0.3) is 0 Å². The van der Waals surface area contributed by atoms with Crippen LogP contribution in [0.25, 0.3) is 22.3 Å². The summed E-state index contributed by atoms with van der Waals surface area (Å²) in [5.41, 5.74) is 6.28. The number of nitrogens with one attached hydrogen (secondary N) is 1. The SMILES string of the molecule is CC(C)n1nc(-c2ccc(CC(=O)Nc3cc(C(C)(C)C(F)(F)F)no3)cc2)c2c(N)ncnc21. The first kappa shape index (κ1) is 24.2. The predicted molar refractivity (Wildman–Crippen MR) is 123 cm³/mol. The largest absolute Gasteiger partial charge is 0.399 e. The lowest BCUT2D eigenvalue weighted by molar-refractivity contribution is -0.181. The summed E-state index contributed by atoms with van der Waals surface area (Å²) in [6.45, 7) is 5.95. The number of nitrogen functional groups attached to an aromatic ring is 1. The van der Waals surface area contributed by atoms with Crippen molar-refractivity contribution in [2.24, 2.45) is 0 Å². The molecule has 0 saturated carbocycles. The number of rotatable bonds is 6. The van der Waals surface area contributed by atoms with Gasteiger partial charge in [-0.15, -0.1) is 0 Å². The van der Waals surface area contributed by atoms with Gasteiger partial charge in [0.1, 0.15) is 28.9 Å². The lowest BCUT2D eigenvalue weighted by atomic mass is 9.89. The first-order valence-electron chi connectivity index (χ1n) is 10.8. The molecule has 0 bridgehead atoms. The van der Waals surface area contributed by atoms with Crippen LogP contribution in [0, 0.1) is 0 Å². The Kier molecular flexibility index (Phi) is 5.99. The van der Waals surface area contributed by atoms with Crippen LogP contribution < -0.4 is 11.1 Å². The summed E-state index contributed by atoms with van der Waals surface area (Å²) in [7, 11) is 0. The van der Waals surface area contributed by atoms with Gasteiger partial charge in [0.05, 0.1) is 11.8 Å². The maximum atomic E-state index is 13.2. The van der Waals surface area contributed by atoms with E-state index in [1.54, 1.807) is 28.9 Å². The van der Waals surface area contributed by atoms with Gasteiger partial charge >= 0.3 is 6.18 Å². The maximum absolute atomic E-state index is 13.2. The summed E-state index contributed by atoms with van der Waals surface area (Å²) >= 11 is 0. The van der Waals surface area contributed by atoms with Crippen LogP contribution >= 0.6 is 0 Å². The molecule has 3 N–H and O–H groups in total. The first-order valence-corrected chi connectivity index (χ1v) is 10.8. The number of halogens is 3. The number of carbonyl (C=O) groups excluding carboxylic acids is 1. The third-order valence-electron chi connectivity index (χ3n) is 5.72. The van der Waals surface area contributed by atoms with Crippen molar-refractivity contribution < 1.29 is 22.5 Å². The van der Waals surface area contributed by atoms with Crippen LogP contribution in [0.5, 0.6) is 0 Å². The zero-order chi connectivity index (χ0) is 25.5. The predicted octanol–water partition coefficient (Wildman–Crippen LogP) is 4.67. The smallest absolute Gasteiger partial charge is 0.383 e. The number of carbonyl (C=O) groups is 1. The highest BCUT2D eigenvalue weighted by Crippen LogP contribution is 2.40. The van der Waals surface area contributed by atoms with Gasteiger partial charge in [-0.05, 0) is 33.3 Å². The number of hydrogen-bond donors (Lipinski definition) is 2. The van der Waals surface area contributed by atoms with Gasteiger partial charge in [0, 0.05) is 17.7 Å². The van der Waals surface area contributed by atoms with Crippen LogP contribution in [0.2, 0.25) is 0 Å². The van der Waals surface area contributed by atoms with Crippen molar-refractivity contribution >= 4 is 28.6 Å². The van der Waals surface area contributed by atoms with E-state index >= 15 is 0 Å². The molecule has 0 atom stereocenters. The van der Waals surface area contributed by atoms with Gasteiger partial charge in [-0.2, -0.15) is 18.3 Å². The number of fused-ring (bicyclic) bond motifs is 1. The molecule has 4 rings (SSSR count). The van der Waals surface area contributed by atoms with Crippen LogP contribution in [0.4, 0.5) is 24.9 Å². The van der Waals surface area contributed by atoms with E-state index in [0.717, 1.165) is 25.5 Å². The number of alkyl halides is 3. The van der Waals surface area contributed by atoms with Gasteiger partial charge in [-0.3, -0.25) is 10.1 Å². The molecule has 1 amide bonds. The Hall–Kier alpha value is -3.96. The number of benzene rings is 1. The third kappa shape index (κ3) is 4.55. The van der Waals surface area contributed by atoms with E-state index in [1.807, 2.05) is 13.8 Å². The number of hydrogen-bond acceptors (Lipinski definition) is 7. The van der Waals surface area contributed by atoms with E-state index in [0.29, 0.717) is 28.1 Å². The maximum Gasteiger partial charge on any atom is 0.399 e. The molecule has 3 aromatic heterocycles. The van der Waals surface area contributed by atoms with Gasteiger partial charge in [-0.25, -0.2) is 14.6 Å². The van der Waals surface area contributed by atoms with E-state index in [1.165, 1.54) is 6.33 Å². The topological polar surface area (TPSA) is 125 Å². The fourth-order valence-corrected chi connectivity index (χ4v) is 3.48. The second-order valence-corrected chi connectivity index (χ2v) is 8.97. The number of anilines is 2. The molecule has 0 fully saturated rings. The normalized spacial score (nSPS) is 12.5. The fourth-order valence-electron chi connectivity index (χ4n) is 3.48. The molecule has 0 aliphatic heterocycles. The summed E-state index contributed by atoms with van der Waals surface area (Å²) in [5.74, 6) is -0.293. The molecule has 0 radical (unpaired) electrons. The first-order chi connectivity index (χ1) is 16.4. The van der Waals surface area contributed by atoms with Crippen molar-refractivity contribution in [2.75, 3.05) is 11.1 Å². The molecule has 12 heteroatoms. The van der Waals surface area contributed by atoms with Crippen molar-refractivity contribution in [3.63, 3.8) is 0 Å². The summed E-state index contributed by atoms with van der Waals surface area (Å²) < 4.78 is 46.2. The quantitative estimate of drug-likeness (QED) is 0.405. The highest BCUT2D eigenvalue weighted by atomic mass is 19.4. The molecule has 9 nitrogen and oxygen atoms in total. The van der Waals surface area contributed by atoms with Crippen molar-refractivity contribution in [2.45, 2.75) is 51.7 Å². The van der Waals surface area contributed by atoms with E-state index < -0.39 is 17.5 Å². The Bertz CT molecular complexity index is 1370. The van der Waals surface area contributed by atoms with Gasteiger partial charge < -0.3 is 10.3 Å². The molecular weight excluding hydrogens is 463 g/mol. The Morgan fingerprint density at radius 2 is 1.86 bits per heavy atom. The molecule has 35 heavy (non-hydrogen) atoms. The molecule has 0 spiro atoms. The highest BCUT2D eigenvalue weighted by Gasteiger charge is 2.50. The van der Waals surface area contributed by atoms with Crippen molar-refractivity contribution in [3.8, 4) is 11.3 Å². The standard InChI is InChI=1S/C23H24F3N7O2/c1-12(2)33-21-18(20(27)28-11-29-21)19(31-33)14-7-5-13(6-8-14)9-16(34)30-17-10-15(32-35-17)22(3,4)23(24,25)26/h5-8,10-12H,9H2,1-4H3,(H,30,34)(H2,27,28,29). The van der Waals surface area contributed by atoms with Gasteiger partial charge in [0.2, 0.25) is 11.8 Å². The molecule has 3 heterocycles. The lowest BCUT2D eigenvalue weighted by Crippen LogP contribution is -2.36. The zero-order valence-corrected chi connectivity index (χ0v) is 19.5. The minimum absolute atomic E-state index is 0.0224. The fraction of sp³-hybridized carbons (Fsp3) is 0.348. The molecule has 0 unspecified atom stereocenters. The number of nitrogens with two attached hydrogens (primary N) is 1. The van der Waals surface area contributed by atoms with Crippen LogP contribution in [-0.2, 0) is 16.6 Å². The van der Waals surface area contributed by atoms with Crippen molar-refractivity contribution in [3.05, 3.63) is 47.9 Å². The summed E-state index contributed by atoms with van der Waals surface area (Å²) in [6, 6.07) is 8.26. The van der Waals surface area contributed by atoms with Crippen LogP contribution in [0.3, 0.4) is 0 Å². The van der Waals surface area contributed by atoms with Crippen molar-refractivity contribution in [1.29, 1.82) is 0 Å². The molecular formula is C23H24F3N7O2. The van der Waals surface area contributed by atoms with Crippen LogP contribution in [-0.4, -0.2) is 37.0 Å². The highest BCUT2D eigenvalue weighted by molar-refractivity contribution is 5.98. The Morgan fingerprint density at radius 3 is 2.49 bits per heavy atom. The molecule has 4 aromatic rings. The van der Waals surface area contributed by atoms with Crippen LogP contribution in [0.1, 0.15) is 45.0 Å². The number of aromatic nitrogens is 5. The summed E-state index contributed by atoms with van der Waals surface area (Å²) in [5, 5.41) is 11.2. The number of nitrogens with zero attached hydrogens (tertiary/aromatic N) is 5. The van der Waals surface area contributed by atoms with Gasteiger partial charge in [-0.1, -0.05) is 29.4 Å². The molecule has 184 valence electrons. The second-order valence-electron chi connectivity index (χ2n) is 8.97. The van der Waals surface area contributed by atoms with E-state index in [4.69, 9.17) is 10.3 Å². The summed E-state index contributed by atoms with van der Waals surface area (Å²) in [6.07, 6.45) is -3.14. The van der Waals surface area contributed by atoms with E-state index in [2.05, 4.69) is 25.5 Å². The van der Waals surface area contributed by atoms with Crippen molar-refractivity contribution in [1.82, 2.24) is 24.9 Å². The van der Waals surface area contributed by atoms with Crippen LogP contribution in [0.15, 0.2) is 41.2 Å². The average Bonchev–Trinajstić information content (AvgIpc) is 3.39. The lowest BCUT2D eigenvalue weighted by Gasteiger charge is -2.24. The monoisotopic (exact) mass is 487 g/mol. The van der Waals surface area contributed by atoms with Gasteiger partial charge in [0.15, 0.2) is 5.65 Å². The molecule has 0 saturated heterocycles. The Labute approximate surface area is 198 Å². The minimum atomic E-state index is -4.51. The van der Waals surface area contributed by atoms with E-state index in [9.17, 15) is 18.0 Å². The average molecular weight is 487 g/mol. The molecule has 0 aliphatic rings. The minimum Gasteiger partial charge on any atom is -0.383 e. The number of amides is 1. The second kappa shape index (κ2) is 8.67. The molecule has 0 aliphatic carbocycles. The zero-order valence-electron chi connectivity index (χ0n) is 19.5. The Morgan fingerprint density at radius 1 is 1.17 bits per heavy atom. The Balaban J connectivity index is 1.50. The summed E-state index contributed by atoms with van der Waals surface area (Å²) in [4.78, 5) is 20.8. The third-order valence-corrected chi connectivity index (χ3v) is 5.72. The molecule has 1 aromatic carbocycles.